The zero-order valence-electron chi connectivity index (χ0n) is 11.4. The molecule has 2 aromatic rings. The highest BCUT2D eigenvalue weighted by molar-refractivity contribution is 9.10. The molecule has 0 aromatic carbocycles. The molecule has 0 bridgehead atoms. The maximum absolute atomic E-state index is 4.40. The minimum atomic E-state index is 0.807. The summed E-state index contributed by atoms with van der Waals surface area (Å²) in [6.45, 7) is 6.90. The molecule has 0 atom stereocenters. The van der Waals surface area contributed by atoms with Crippen molar-refractivity contribution in [3.8, 4) is 0 Å². The van der Waals surface area contributed by atoms with E-state index in [1.54, 1.807) is 6.20 Å². The van der Waals surface area contributed by atoms with E-state index in [0.29, 0.717) is 0 Å². The van der Waals surface area contributed by atoms with Crippen molar-refractivity contribution in [3.63, 3.8) is 0 Å². The second kappa shape index (κ2) is 6.82. The van der Waals surface area contributed by atoms with Gasteiger partial charge < -0.3 is 9.88 Å². The molecule has 2 rings (SSSR count). The van der Waals surface area contributed by atoms with E-state index in [1.165, 1.54) is 11.3 Å². The van der Waals surface area contributed by atoms with Crippen molar-refractivity contribution < 1.29 is 0 Å². The number of imidazole rings is 1. The fourth-order valence-corrected chi connectivity index (χ4v) is 2.40. The van der Waals surface area contributed by atoms with Crippen LogP contribution in [-0.4, -0.2) is 21.1 Å². The number of hydrogen-bond donors (Lipinski definition) is 1. The zero-order chi connectivity index (χ0) is 13.7. The van der Waals surface area contributed by atoms with Crippen LogP contribution in [0.3, 0.4) is 0 Å². The summed E-state index contributed by atoms with van der Waals surface area (Å²) in [5, 5.41) is 3.42. The first kappa shape index (κ1) is 14.2. The summed E-state index contributed by atoms with van der Waals surface area (Å²) in [4.78, 5) is 8.61. The van der Waals surface area contributed by atoms with Gasteiger partial charge in [0.05, 0.1) is 12.2 Å². The Labute approximate surface area is 122 Å². The maximum atomic E-state index is 4.40. The molecule has 0 unspecified atom stereocenters. The average molecular weight is 323 g/mol. The molecule has 2 aromatic heterocycles. The van der Waals surface area contributed by atoms with Gasteiger partial charge in [-0.2, -0.15) is 0 Å². The summed E-state index contributed by atoms with van der Waals surface area (Å²) in [5.74, 6) is 1.04. The van der Waals surface area contributed by atoms with Crippen LogP contribution in [0.5, 0.6) is 0 Å². The van der Waals surface area contributed by atoms with E-state index >= 15 is 0 Å². The Morgan fingerprint density at radius 2 is 2.16 bits per heavy atom. The van der Waals surface area contributed by atoms with E-state index in [2.05, 4.69) is 48.8 Å². The molecule has 0 saturated carbocycles. The SMILES string of the molecule is CCCNCc1cnc(C)n1Cc1cncc(Br)c1. The van der Waals surface area contributed by atoms with Crippen molar-refractivity contribution in [2.24, 2.45) is 0 Å². The van der Waals surface area contributed by atoms with Crippen molar-refractivity contribution in [2.75, 3.05) is 6.54 Å². The van der Waals surface area contributed by atoms with Gasteiger partial charge in [-0.1, -0.05) is 6.92 Å². The van der Waals surface area contributed by atoms with Crippen molar-refractivity contribution in [1.29, 1.82) is 0 Å². The molecule has 102 valence electrons. The quantitative estimate of drug-likeness (QED) is 0.831. The maximum Gasteiger partial charge on any atom is 0.106 e. The molecule has 0 amide bonds. The molecule has 0 radical (unpaired) electrons. The molecule has 0 fully saturated rings. The summed E-state index contributed by atoms with van der Waals surface area (Å²) in [7, 11) is 0. The van der Waals surface area contributed by atoms with Gasteiger partial charge >= 0.3 is 0 Å². The van der Waals surface area contributed by atoms with Crippen LogP contribution >= 0.6 is 15.9 Å². The highest BCUT2D eigenvalue weighted by Gasteiger charge is 2.07. The lowest BCUT2D eigenvalue weighted by Crippen LogP contribution is -2.17. The highest BCUT2D eigenvalue weighted by atomic mass is 79.9. The first-order valence-electron chi connectivity index (χ1n) is 6.52. The number of aryl methyl sites for hydroxylation is 1. The molecule has 0 aliphatic rings. The molecule has 0 saturated heterocycles. The average Bonchev–Trinajstić information content (AvgIpc) is 2.72. The number of halogens is 1. The second-order valence-corrected chi connectivity index (χ2v) is 5.49. The van der Waals surface area contributed by atoms with E-state index in [1.807, 2.05) is 19.3 Å². The van der Waals surface area contributed by atoms with Crippen molar-refractivity contribution in [1.82, 2.24) is 19.9 Å². The Morgan fingerprint density at radius 1 is 1.32 bits per heavy atom. The van der Waals surface area contributed by atoms with E-state index in [-0.39, 0.29) is 0 Å². The summed E-state index contributed by atoms with van der Waals surface area (Å²) in [6.07, 6.45) is 6.79. The van der Waals surface area contributed by atoms with Crippen LogP contribution in [0.15, 0.2) is 29.1 Å². The van der Waals surface area contributed by atoms with Gasteiger partial charge in [-0.25, -0.2) is 4.98 Å². The van der Waals surface area contributed by atoms with Gasteiger partial charge in [0, 0.05) is 29.6 Å². The second-order valence-electron chi connectivity index (χ2n) is 4.57. The number of nitrogens with one attached hydrogen (secondary N) is 1. The molecule has 0 spiro atoms. The molecule has 19 heavy (non-hydrogen) atoms. The third kappa shape index (κ3) is 3.88. The standard InChI is InChI=1S/C14H19BrN4/c1-3-4-16-8-14-9-18-11(2)19(14)10-12-5-13(15)7-17-6-12/h5-7,9,16H,3-4,8,10H2,1-2H3. The molecular formula is C14H19BrN4. The van der Waals surface area contributed by atoms with Crippen molar-refractivity contribution in [3.05, 3.63) is 46.2 Å². The lowest BCUT2D eigenvalue weighted by Gasteiger charge is -2.11. The number of aromatic nitrogens is 3. The van der Waals surface area contributed by atoms with Crippen LogP contribution in [-0.2, 0) is 13.1 Å². The Morgan fingerprint density at radius 3 is 2.89 bits per heavy atom. The Hall–Kier alpha value is -1.20. The minimum absolute atomic E-state index is 0.807. The first-order valence-corrected chi connectivity index (χ1v) is 7.31. The number of hydrogen-bond acceptors (Lipinski definition) is 3. The smallest absolute Gasteiger partial charge is 0.106 e. The predicted octanol–water partition coefficient (Wildman–Crippen LogP) is 2.90. The molecular weight excluding hydrogens is 304 g/mol. The van der Waals surface area contributed by atoms with Crippen LogP contribution in [0, 0.1) is 6.92 Å². The summed E-state index contributed by atoms with van der Waals surface area (Å²) in [5.41, 5.74) is 2.39. The van der Waals surface area contributed by atoms with Gasteiger partial charge in [-0.15, -0.1) is 0 Å². The Balaban J connectivity index is 2.12. The first-order chi connectivity index (χ1) is 9.20. The largest absolute Gasteiger partial charge is 0.327 e. The molecule has 0 aliphatic carbocycles. The van der Waals surface area contributed by atoms with Gasteiger partial charge in [0.25, 0.3) is 0 Å². The summed E-state index contributed by atoms with van der Waals surface area (Å²) >= 11 is 3.45. The molecule has 2 heterocycles. The number of rotatable bonds is 6. The fourth-order valence-electron chi connectivity index (χ4n) is 1.99. The molecule has 0 aliphatic heterocycles. The lowest BCUT2D eigenvalue weighted by atomic mass is 10.2. The fraction of sp³-hybridized carbons (Fsp3) is 0.429. The van der Waals surface area contributed by atoms with Crippen molar-refractivity contribution >= 4 is 15.9 Å². The number of nitrogens with zero attached hydrogens (tertiary/aromatic N) is 3. The van der Waals surface area contributed by atoms with Crippen LogP contribution in [0.1, 0.15) is 30.4 Å². The van der Waals surface area contributed by atoms with Gasteiger partial charge in [0.15, 0.2) is 0 Å². The van der Waals surface area contributed by atoms with Gasteiger partial charge in [0.2, 0.25) is 0 Å². The normalized spacial score (nSPS) is 10.9. The zero-order valence-corrected chi connectivity index (χ0v) is 12.9. The third-order valence-corrected chi connectivity index (χ3v) is 3.41. The van der Waals surface area contributed by atoms with Crippen molar-refractivity contribution in [2.45, 2.75) is 33.4 Å². The van der Waals surface area contributed by atoms with Gasteiger partial charge in [0.1, 0.15) is 5.82 Å². The molecule has 4 nitrogen and oxygen atoms in total. The van der Waals surface area contributed by atoms with E-state index < -0.39 is 0 Å². The Kier molecular flexibility index (Phi) is 5.10. The van der Waals surface area contributed by atoms with Crippen LogP contribution in [0.4, 0.5) is 0 Å². The van der Waals surface area contributed by atoms with Gasteiger partial charge in [-0.3, -0.25) is 4.98 Å². The molecule has 1 N–H and O–H groups in total. The van der Waals surface area contributed by atoms with Crippen LogP contribution in [0.2, 0.25) is 0 Å². The third-order valence-electron chi connectivity index (χ3n) is 2.97. The van der Waals surface area contributed by atoms with E-state index in [9.17, 15) is 0 Å². The monoisotopic (exact) mass is 322 g/mol. The van der Waals surface area contributed by atoms with E-state index in [4.69, 9.17) is 0 Å². The minimum Gasteiger partial charge on any atom is -0.327 e. The lowest BCUT2D eigenvalue weighted by molar-refractivity contribution is 0.623. The van der Waals surface area contributed by atoms with Crippen LogP contribution in [0.25, 0.3) is 0 Å². The topological polar surface area (TPSA) is 42.7 Å². The predicted molar refractivity (Wildman–Crippen MR) is 80.0 cm³/mol. The van der Waals surface area contributed by atoms with Gasteiger partial charge in [-0.05, 0) is 47.4 Å². The summed E-state index contributed by atoms with van der Waals surface area (Å²) in [6, 6.07) is 2.09. The van der Waals surface area contributed by atoms with Crippen LogP contribution < -0.4 is 5.32 Å². The summed E-state index contributed by atoms with van der Waals surface area (Å²) < 4.78 is 3.24. The van der Waals surface area contributed by atoms with E-state index in [0.717, 1.165) is 36.4 Å². The number of pyridine rings is 1. The molecule has 5 heteroatoms. The Bertz CT molecular complexity index is 536. The highest BCUT2D eigenvalue weighted by Crippen LogP contribution is 2.13.